The normalized spacial score (nSPS) is 10.9. The predicted octanol–water partition coefficient (Wildman–Crippen LogP) is 1.63. The van der Waals surface area contributed by atoms with Crippen LogP contribution in [0.25, 0.3) is 22.5 Å². The summed E-state index contributed by atoms with van der Waals surface area (Å²) < 4.78 is 1.57. The minimum absolute atomic E-state index is 0.0401. The Hall–Kier alpha value is -3.55. The Morgan fingerprint density at radius 2 is 1.85 bits per heavy atom. The van der Waals surface area contributed by atoms with Crippen LogP contribution >= 0.6 is 0 Å². The number of nitrogens with zero attached hydrogens (tertiary/aromatic N) is 4. The monoisotopic (exact) mass is 350 g/mol. The van der Waals surface area contributed by atoms with Gasteiger partial charge in [-0.25, -0.2) is 9.97 Å². The molecule has 0 unspecified atom stereocenters. The highest BCUT2D eigenvalue weighted by Gasteiger charge is 2.19. The fourth-order valence-electron chi connectivity index (χ4n) is 2.58. The van der Waals surface area contributed by atoms with E-state index < -0.39 is 5.91 Å². The van der Waals surface area contributed by atoms with E-state index in [-0.39, 0.29) is 23.1 Å². The van der Waals surface area contributed by atoms with Gasteiger partial charge < -0.3 is 16.0 Å². The van der Waals surface area contributed by atoms with Gasteiger partial charge >= 0.3 is 0 Å². The van der Waals surface area contributed by atoms with Crippen molar-refractivity contribution in [3.05, 3.63) is 58.9 Å². The summed E-state index contributed by atoms with van der Waals surface area (Å²) in [5.74, 6) is -0.830. The Balaban J connectivity index is 2.32. The molecule has 132 valence electrons. The molecule has 3 rings (SSSR count). The summed E-state index contributed by atoms with van der Waals surface area (Å²) in [6.07, 6.45) is 4.93. The highest BCUT2D eigenvalue weighted by atomic mass is 16.1. The van der Waals surface area contributed by atoms with E-state index >= 15 is 0 Å². The van der Waals surface area contributed by atoms with E-state index in [4.69, 9.17) is 11.5 Å². The van der Waals surface area contributed by atoms with Gasteiger partial charge in [0, 0.05) is 41.8 Å². The molecule has 0 bridgehead atoms. The first kappa shape index (κ1) is 17.3. The lowest BCUT2D eigenvalue weighted by molar-refractivity contribution is 0.0996. The molecule has 0 spiro atoms. The molecule has 3 aromatic rings. The molecule has 26 heavy (non-hydrogen) atoms. The highest BCUT2D eigenvalue weighted by Crippen LogP contribution is 2.30. The smallest absolute Gasteiger partial charge is 0.271 e. The maximum absolute atomic E-state index is 12.1. The van der Waals surface area contributed by atoms with E-state index in [0.29, 0.717) is 22.5 Å². The topological polar surface area (TPSA) is 130 Å². The van der Waals surface area contributed by atoms with Crippen molar-refractivity contribution < 1.29 is 4.79 Å². The average molecular weight is 350 g/mol. The van der Waals surface area contributed by atoms with Crippen LogP contribution in [0.15, 0.2) is 47.7 Å². The number of primary amides is 1. The van der Waals surface area contributed by atoms with Crippen LogP contribution < -0.4 is 17.0 Å². The summed E-state index contributed by atoms with van der Waals surface area (Å²) in [5.41, 5.74) is 13.1. The molecule has 4 N–H and O–H groups in total. The van der Waals surface area contributed by atoms with Crippen molar-refractivity contribution in [3.8, 4) is 22.5 Å². The SMILES string of the molecule is CC(C)n1cc(-c2nc(C(N)=O)c(N)nc2-c2cccnc2)ccc1=O. The molecule has 0 aliphatic carbocycles. The lowest BCUT2D eigenvalue weighted by atomic mass is 10.1. The molecule has 0 aliphatic heterocycles. The first-order valence-corrected chi connectivity index (χ1v) is 7.98. The van der Waals surface area contributed by atoms with Gasteiger partial charge in [0.25, 0.3) is 11.5 Å². The molecule has 0 aromatic carbocycles. The van der Waals surface area contributed by atoms with Gasteiger partial charge in [-0.15, -0.1) is 0 Å². The summed E-state index contributed by atoms with van der Waals surface area (Å²) in [6.45, 7) is 3.80. The van der Waals surface area contributed by atoms with Gasteiger partial charge in [0.1, 0.15) is 5.69 Å². The second-order valence-corrected chi connectivity index (χ2v) is 6.02. The fraction of sp³-hybridized carbons (Fsp3) is 0.167. The Morgan fingerprint density at radius 3 is 2.46 bits per heavy atom. The Labute approximate surface area is 149 Å². The molecular formula is C18H18N6O2. The van der Waals surface area contributed by atoms with Gasteiger partial charge in [-0.2, -0.15) is 0 Å². The molecule has 8 heteroatoms. The van der Waals surface area contributed by atoms with Gasteiger partial charge in [-0.3, -0.25) is 14.6 Å². The first-order chi connectivity index (χ1) is 12.4. The molecule has 1 amide bonds. The number of rotatable bonds is 4. The van der Waals surface area contributed by atoms with Crippen molar-refractivity contribution in [2.45, 2.75) is 19.9 Å². The molecule has 0 aliphatic rings. The van der Waals surface area contributed by atoms with Gasteiger partial charge in [0.05, 0.1) is 5.69 Å². The zero-order valence-electron chi connectivity index (χ0n) is 14.4. The van der Waals surface area contributed by atoms with E-state index in [1.807, 2.05) is 19.9 Å². The number of carbonyl (C=O) groups is 1. The molecule has 0 fully saturated rings. The van der Waals surface area contributed by atoms with Crippen LogP contribution in [0.1, 0.15) is 30.4 Å². The number of amides is 1. The van der Waals surface area contributed by atoms with Gasteiger partial charge in [0.2, 0.25) is 0 Å². The van der Waals surface area contributed by atoms with E-state index in [0.717, 1.165) is 0 Å². The van der Waals surface area contributed by atoms with Crippen molar-refractivity contribution in [2.75, 3.05) is 5.73 Å². The summed E-state index contributed by atoms with van der Waals surface area (Å²) in [6, 6.07) is 6.61. The van der Waals surface area contributed by atoms with E-state index in [9.17, 15) is 9.59 Å². The van der Waals surface area contributed by atoms with E-state index in [1.165, 1.54) is 6.07 Å². The number of pyridine rings is 2. The van der Waals surface area contributed by atoms with Crippen molar-refractivity contribution in [2.24, 2.45) is 5.73 Å². The molecule has 3 aromatic heterocycles. The average Bonchev–Trinajstić information content (AvgIpc) is 2.62. The minimum Gasteiger partial charge on any atom is -0.382 e. The van der Waals surface area contributed by atoms with E-state index in [2.05, 4.69) is 15.0 Å². The predicted molar refractivity (Wildman–Crippen MR) is 98.3 cm³/mol. The van der Waals surface area contributed by atoms with Crippen LogP contribution in [0, 0.1) is 0 Å². The minimum atomic E-state index is -0.772. The van der Waals surface area contributed by atoms with Crippen molar-refractivity contribution in [1.82, 2.24) is 19.5 Å². The number of aromatic nitrogens is 4. The summed E-state index contributed by atoms with van der Waals surface area (Å²) in [4.78, 5) is 36.5. The van der Waals surface area contributed by atoms with Crippen molar-refractivity contribution in [3.63, 3.8) is 0 Å². The maximum Gasteiger partial charge on any atom is 0.271 e. The number of hydrogen-bond acceptors (Lipinski definition) is 6. The first-order valence-electron chi connectivity index (χ1n) is 7.98. The zero-order chi connectivity index (χ0) is 18.8. The molecular weight excluding hydrogens is 332 g/mol. The lowest BCUT2D eigenvalue weighted by Crippen LogP contribution is -2.21. The molecule has 0 saturated heterocycles. The quantitative estimate of drug-likeness (QED) is 0.735. The Kier molecular flexibility index (Phi) is 4.49. The summed E-state index contributed by atoms with van der Waals surface area (Å²) in [5, 5.41) is 0. The lowest BCUT2D eigenvalue weighted by Gasteiger charge is -2.14. The number of nitrogens with two attached hydrogens (primary N) is 2. The van der Waals surface area contributed by atoms with Crippen molar-refractivity contribution >= 4 is 11.7 Å². The third-order valence-electron chi connectivity index (χ3n) is 3.86. The zero-order valence-corrected chi connectivity index (χ0v) is 14.4. The fourth-order valence-corrected chi connectivity index (χ4v) is 2.58. The largest absolute Gasteiger partial charge is 0.382 e. The van der Waals surface area contributed by atoms with Crippen LogP contribution in [-0.4, -0.2) is 25.4 Å². The number of nitrogen functional groups attached to an aromatic ring is 1. The van der Waals surface area contributed by atoms with Gasteiger partial charge in [-0.1, -0.05) is 0 Å². The molecule has 3 heterocycles. The highest BCUT2D eigenvalue weighted by molar-refractivity contribution is 5.96. The molecule has 0 atom stereocenters. The number of carbonyl (C=O) groups excluding carboxylic acids is 1. The van der Waals surface area contributed by atoms with Gasteiger partial charge in [-0.05, 0) is 32.0 Å². The van der Waals surface area contributed by atoms with Crippen LogP contribution in [0.2, 0.25) is 0 Å². The number of anilines is 1. The third kappa shape index (κ3) is 3.16. The van der Waals surface area contributed by atoms with Crippen LogP contribution in [0.5, 0.6) is 0 Å². The molecule has 0 radical (unpaired) electrons. The summed E-state index contributed by atoms with van der Waals surface area (Å²) >= 11 is 0. The number of hydrogen-bond donors (Lipinski definition) is 2. The third-order valence-corrected chi connectivity index (χ3v) is 3.86. The molecule has 0 saturated carbocycles. The maximum atomic E-state index is 12.1. The van der Waals surface area contributed by atoms with Crippen molar-refractivity contribution in [1.29, 1.82) is 0 Å². The van der Waals surface area contributed by atoms with Crippen LogP contribution in [0.3, 0.4) is 0 Å². The van der Waals surface area contributed by atoms with Crippen LogP contribution in [-0.2, 0) is 0 Å². The van der Waals surface area contributed by atoms with Gasteiger partial charge in [0.15, 0.2) is 11.5 Å². The van der Waals surface area contributed by atoms with Crippen LogP contribution in [0.4, 0.5) is 5.82 Å². The van der Waals surface area contributed by atoms with E-state index in [1.54, 1.807) is 35.3 Å². The Bertz CT molecular complexity index is 1030. The molecule has 8 nitrogen and oxygen atoms in total. The second kappa shape index (κ2) is 6.75. The second-order valence-electron chi connectivity index (χ2n) is 6.02. The standard InChI is InChI=1S/C18H18N6O2/c1-10(2)24-9-12(5-6-13(24)25)15-14(11-4-3-7-21-8-11)23-17(19)16(22-15)18(20)26/h3-10H,1-2H3,(H2,19,23)(H2,20,26). The Morgan fingerprint density at radius 1 is 1.12 bits per heavy atom. The summed E-state index contributed by atoms with van der Waals surface area (Å²) in [7, 11) is 0.